The maximum atomic E-state index is 4.18. The third-order valence-electron chi connectivity index (χ3n) is 1.82. The average Bonchev–Trinajstić information content (AvgIpc) is 2.56. The molecule has 0 radical (unpaired) electrons. The fourth-order valence-corrected chi connectivity index (χ4v) is 2.09. The minimum atomic E-state index is 0.463. The number of hydrogen-bond acceptors (Lipinski definition) is 4. The van der Waals surface area contributed by atoms with E-state index in [1.807, 2.05) is 11.9 Å². The summed E-state index contributed by atoms with van der Waals surface area (Å²) >= 11 is 1.67. The zero-order valence-corrected chi connectivity index (χ0v) is 10.4. The second-order valence-electron chi connectivity index (χ2n) is 3.38. The molecule has 1 heterocycles. The molecule has 1 aliphatic rings. The van der Waals surface area contributed by atoms with Crippen LogP contribution in [-0.2, 0) is 0 Å². The highest BCUT2D eigenvalue weighted by molar-refractivity contribution is 8.03. The van der Waals surface area contributed by atoms with Crippen LogP contribution in [0.25, 0.3) is 0 Å². The third-order valence-corrected chi connectivity index (χ3v) is 2.84. The molecule has 1 aliphatic heterocycles. The molecule has 0 aromatic heterocycles. The highest BCUT2D eigenvalue weighted by Gasteiger charge is 2.21. The van der Waals surface area contributed by atoms with Gasteiger partial charge in [0, 0.05) is 19.3 Å². The van der Waals surface area contributed by atoms with Crippen LogP contribution in [0.1, 0.15) is 13.8 Å². The highest BCUT2D eigenvalue weighted by Crippen LogP contribution is 2.28. The van der Waals surface area contributed by atoms with E-state index in [9.17, 15) is 0 Å². The van der Waals surface area contributed by atoms with Gasteiger partial charge >= 0.3 is 0 Å². The lowest BCUT2D eigenvalue weighted by molar-refractivity contribution is 0.691. The number of rotatable bonds is 3. The molecule has 0 amide bonds. The minimum absolute atomic E-state index is 0.463. The molecule has 0 saturated heterocycles. The van der Waals surface area contributed by atoms with Gasteiger partial charge in [-0.1, -0.05) is 13.8 Å². The minimum Gasteiger partial charge on any atom is -0.330 e. The molecule has 1 rings (SSSR count). The van der Waals surface area contributed by atoms with Crippen LogP contribution in [0.15, 0.2) is 25.7 Å². The summed E-state index contributed by atoms with van der Waals surface area (Å²) in [5.41, 5.74) is 0.936. The molecule has 0 fully saturated rings. The van der Waals surface area contributed by atoms with Crippen molar-refractivity contribution in [2.24, 2.45) is 15.0 Å². The predicted molar refractivity (Wildman–Crippen MR) is 68.9 cm³/mol. The lowest BCUT2D eigenvalue weighted by Gasteiger charge is -2.14. The molecule has 0 aromatic carbocycles. The summed E-state index contributed by atoms with van der Waals surface area (Å²) in [5.74, 6) is 0.716. The van der Waals surface area contributed by atoms with Crippen molar-refractivity contribution in [2.45, 2.75) is 19.1 Å². The lowest BCUT2D eigenvalue weighted by Crippen LogP contribution is -2.15. The van der Waals surface area contributed by atoms with Gasteiger partial charge in [-0.05, 0) is 6.72 Å². The number of aliphatic imine (C=N–C) groups is 3. The standard InChI is InChI=1S/C10H16N4S/c1-7(2)15-10(12-4)8-9(11-3)13-6-14(8)5/h6-7H,4H2,1-3,5H3. The van der Waals surface area contributed by atoms with E-state index in [1.54, 1.807) is 25.1 Å². The maximum Gasteiger partial charge on any atom is 0.175 e. The Labute approximate surface area is 94.9 Å². The van der Waals surface area contributed by atoms with Crippen molar-refractivity contribution >= 4 is 30.7 Å². The van der Waals surface area contributed by atoms with E-state index in [2.05, 4.69) is 35.5 Å². The Hall–Kier alpha value is -1.10. The molecule has 0 N–H and O–H groups in total. The molecule has 0 saturated carbocycles. The topological polar surface area (TPSA) is 40.3 Å². The van der Waals surface area contributed by atoms with Gasteiger partial charge in [0.25, 0.3) is 0 Å². The Morgan fingerprint density at radius 3 is 2.73 bits per heavy atom. The van der Waals surface area contributed by atoms with E-state index in [0.29, 0.717) is 11.1 Å². The summed E-state index contributed by atoms with van der Waals surface area (Å²) in [4.78, 5) is 14.3. The second kappa shape index (κ2) is 5.11. The number of amidine groups is 1. The van der Waals surface area contributed by atoms with Crippen LogP contribution in [0, 0.1) is 0 Å². The summed E-state index contributed by atoms with van der Waals surface area (Å²) in [6, 6.07) is 0. The van der Waals surface area contributed by atoms with Crippen LogP contribution < -0.4 is 0 Å². The zero-order chi connectivity index (χ0) is 11.4. The Bertz CT molecular complexity index is 341. The summed E-state index contributed by atoms with van der Waals surface area (Å²) in [6.07, 6.45) is 1.74. The van der Waals surface area contributed by atoms with Crippen LogP contribution in [0.4, 0.5) is 0 Å². The monoisotopic (exact) mass is 224 g/mol. The molecule has 0 atom stereocenters. The largest absolute Gasteiger partial charge is 0.330 e. The molecular formula is C10H16N4S. The van der Waals surface area contributed by atoms with E-state index in [-0.39, 0.29) is 0 Å². The van der Waals surface area contributed by atoms with Gasteiger partial charge in [-0.15, -0.1) is 11.8 Å². The molecule has 0 aliphatic carbocycles. The van der Waals surface area contributed by atoms with E-state index in [0.717, 1.165) is 10.7 Å². The van der Waals surface area contributed by atoms with Crippen LogP contribution in [0.3, 0.4) is 0 Å². The van der Waals surface area contributed by atoms with Crippen LogP contribution in [-0.4, -0.2) is 43.1 Å². The van der Waals surface area contributed by atoms with Gasteiger partial charge in [0.05, 0.1) is 6.34 Å². The van der Waals surface area contributed by atoms with Gasteiger partial charge in [0.15, 0.2) is 5.84 Å². The van der Waals surface area contributed by atoms with Crippen molar-refractivity contribution < 1.29 is 0 Å². The van der Waals surface area contributed by atoms with Crippen molar-refractivity contribution in [3.8, 4) is 0 Å². The SMILES string of the molecule is C=NC(SC(C)C)=C1C(=NC)N=CN1C. The van der Waals surface area contributed by atoms with Crippen LogP contribution >= 0.6 is 11.8 Å². The van der Waals surface area contributed by atoms with Gasteiger partial charge in [-0.2, -0.15) is 0 Å². The molecular weight excluding hydrogens is 208 g/mol. The summed E-state index contributed by atoms with van der Waals surface area (Å²) in [6.45, 7) is 7.84. The first-order chi connectivity index (χ1) is 7.10. The average molecular weight is 224 g/mol. The van der Waals surface area contributed by atoms with Crippen molar-refractivity contribution in [1.82, 2.24) is 4.90 Å². The smallest absolute Gasteiger partial charge is 0.175 e. The number of thioether (sulfide) groups is 1. The first-order valence-corrected chi connectivity index (χ1v) is 5.60. The maximum absolute atomic E-state index is 4.18. The number of likely N-dealkylation sites (N-methyl/N-ethyl adjacent to an activating group) is 1. The van der Waals surface area contributed by atoms with Gasteiger partial charge in [0.2, 0.25) is 0 Å². The number of nitrogens with zero attached hydrogens (tertiary/aromatic N) is 4. The Morgan fingerprint density at radius 2 is 2.27 bits per heavy atom. The van der Waals surface area contributed by atoms with Crippen molar-refractivity contribution in [3.63, 3.8) is 0 Å². The molecule has 15 heavy (non-hydrogen) atoms. The van der Waals surface area contributed by atoms with Crippen molar-refractivity contribution in [3.05, 3.63) is 10.7 Å². The quantitative estimate of drug-likeness (QED) is 0.688. The van der Waals surface area contributed by atoms with Gasteiger partial charge < -0.3 is 4.90 Å². The molecule has 0 bridgehead atoms. The van der Waals surface area contributed by atoms with Gasteiger partial charge in [0.1, 0.15) is 10.7 Å². The molecule has 0 unspecified atom stereocenters. The molecule has 0 aromatic rings. The lowest BCUT2D eigenvalue weighted by atomic mass is 10.4. The third kappa shape index (κ3) is 2.68. The second-order valence-corrected chi connectivity index (χ2v) is 4.95. The molecule has 4 nitrogen and oxygen atoms in total. The number of hydrogen-bond donors (Lipinski definition) is 0. The highest BCUT2D eigenvalue weighted by atomic mass is 32.2. The molecule has 82 valence electrons. The van der Waals surface area contributed by atoms with E-state index in [4.69, 9.17) is 0 Å². The van der Waals surface area contributed by atoms with Crippen LogP contribution in [0.2, 0.25) is 0 Å². The van der Waals surface area contributed by atoms with Crippen molar-refractivity contribution in [1.29, 1.82) is 0 Å². The first kappa shape index (κ1) is 12.0. The van der Waals surface area contributed by atoms with Gasteiger partial charge in [-0.3, -0.25) is 9.98 Å². The van der Waals surface area contributed by atoms with E-state index >= 15 is 0 Å². The fraction of sp³-hybridized carbons (Fsp3) is 0.500. The van der Waals surface area contributed by atoms with Crippen LogP contribution in [0.5, 0.6) is 0 Å². The normalized spacial score (nSPS) is 21.7. The molecule has 0 spiro atoms. The Balaban J connectivity index is 3.08. The Kier molecular flexibility index (Phi) is 4.08. The summed E-state index contributed by atoms with van der Waals surface area (Å²) in [7, 11) is 3.66. The summed E-state index contributed by atoms with van der Waals surface area (Å²) in [5, 5.41) is 1.34. The van der Waals surface area contributed by atoms with E-state index < -0.39 is 0 Å². The molecule has 5 heteroatoms. The van der Waals surface area contributed by atoms with E-state index in [1.165, 1.54) is 0 Å². The first-order valence-electron chi connectivity index (χ1n) is 4.72. The fourth-order valence-electron chi connectivity index (χ4n) is 1.22. The van der Waals surface area contributed by atoms with Crippen molar-refractivity contribution in [2.75, 3.05) is 14.1 Å². The van der Waals surface area contributed by atoms with Gasteiger partial charge in [-0.25, -0.2) is 4.99 Å². The zero-order valence-electron chi connectivity index (χ0n) is 9.56. The Morgan fingerprint density at radius 1 is 1.60 bits per heavy atom. The summed E-state index contributed by atoms with van der Waals surface area (Å²) < 4.78 is 0. The predicted octanol–water partition coefficient (Wildman–Crippen LogP) is 2.00.